The summed E-state index contributed by atoms with van der Waals surface area (Å²) in [5.74, 6) is 0. The molecule has 0 aliphatic heterocycles. The number of benzene rings is 2. The number of hydrogen-bond donors (Lipinski definition) is 1. The van der Waals surface area contributed by atoms with Crippen molar-refractivity contribution < 1.29 is 4.79 Å². The molecule has 0 aliphatic rings. The van der Waals surface area contributed by atoms with Crippen molar-refractivity contribution in [3.05, 3.63) is 89.2 Å². The molecule has 3 rings (SSSR count). The number of anilines is 1. The lowest BCUT2D eigenvalue weighted by atomic mass is 10.1. The zero-order valence-corrected chi connectivity index (χ0v) is 17.1. The van der Waals surface area contributed by atoms with E-state index in [9.17, 15) is 4.79 Å². The summed E-state index contributed by atoms with van der Waals surface area (Å²) in [6, 6.07) is 20.6. The monoisotopic (exact) mass is 375 g/mol. The molecule has 0 fully saturated rings. The Bertz CT molecular complexity index is 925. The summed E-state index contributed by atoms with van der Waals surface area (Å²) in [6.45, 7) is 9.55. The highest BCUT2D eigenvalue weighted by molar-refractivity contribution is 5.90. The van der Waals surface area contributed by atoms with E-state index in [1.54, 1.807) is 0 Å². The Balaban J connectivity index is 1.74. The molecule has 1 aromatic heterocycles. The number of nitrogens with one attached hydrogen (secondary N) is 1. The number of urea groups is 1. The van der Waals surface area contributed by atoms with Crippen LogP contribution in [0.2, 0.25) is 0 Å². The second kappa shape index (κ2) is 8.79. The fourth-order valence-corrected chi connectivity index (χ4v) is 3.20. The van der Waals surface area contributed by atoms with Crippen LogP contribution >= 0.6 is 0 Å². The van der Waals surface area contributed by atoms with Gasteiger partial charge in [0.15, 0.2) is 0 Å². The second-order valence-electron chi connectivity index (χ2n) is 7.58. The van der Waals surface area contributed by atoms with Crippen molar-refractivity contribution in [3.63, 3.8) is 0 Å². The van der Waals surface area contributed by atoms with Crippen molar-refractivity contribution >= 4 is 11.7 Å². The third-order valence-electron chi connectivity index (χ3n) is 5.00. The van der Waals surface area contributed by atoms with Crippen LogP contribution in [0, 0.1) is 13.8 Å². The highest BCUT2D eigenvalue weighted by atomic mass is 16.2. The molecule has 0 spiro atoms. The first-order valence-electron chi connectivity index (χ1n) is 9.77. The fraction of sp³-hybridized carbons (Fsp3) is 0.292. The van der Waals surface area contributed by atoms with Gasteiger partial charge < -0.3 is 14.8 Å². The number of carbonyl (C=O) groups is 1. The Morgan fingerprint density at radius 3 is 2.39 bits per heavy atom. The van der Waals surface area contributed by atoms with E-state index >= 15 is 0 Å². The zero-order chi connectivity index (χ0) is 20.1. The molecule has 0 unspecified atom stereocenters. The van der Waals surface area contributed by atoms with Crippen LogP contribution in [0.15, 0.2) is 66.9 Å². The van der Waals surface area contributed by atoms with Gasteiger partial charge in [0.1, 0.15) is 0 Å². The first-order chi connectivity index (χ1) is 13.4. The van der Waals surface area contributed by atoms with Crippen molar-refractivity contribution in [2.75, 3.05) is 5.32 Å². The minimum absolute atomic E-state index is 0.0765. The molecule has 0 radical (unpaired) electrons. The van der Waals surface area contributed by atoms with E-state index in [1.165, 1.54) is 11.1 Å². The van der Waals surface area contributed by atoms with Gasteiger partial charge in [-0.3, -0.25) is 0 Å². The van der Waals surface area contributed by atoms with Gasteiger partial charge in [0.25, 0.3) is 0 Å². The molecule has 3 aromatic rings. The van der Waals surface area contributed by atoms with Gasteiger partial charge in [-0.05, 0) is 57.0 Å². The van der Waals surface area contributed by atoms with Crippen LogP contribution in [0.3, 0.4) is 0 Å². The van der Waals surface area contributed by atoms with Crippen LogP contribution in [0.4, 0.5) is 10.5 Å². The SMILES string of the molecule is Cc1ccc(Cn2cccc2CN(C(=O)Nc2ccccc2C)C(C)C)cc1. The van der Waals surface area contributed by atoms with Crippen LogP contribution < -0.4 is 5.32 Å². The molecule has 0 saturated heterocycles. The molecule has 28 heavy (non-hydrogen) atoms. The van der Waals surface area contributed by atoms with E-state index in [2.05, 4.69) is 53.3 Å². The molecule has 2 amide bonds. The molecule has 0 saturated carbocycles. The summed E-state index contributed by atoms with van der Waals surface area (Å²) in [5.41, 5.74) is 5.54. The van der Waals surface area contributed by atoms with E-state index in [0.29, 0.717) is 6.54 Å². The highest BCUT2D eigenvalue weighted by Crippen LogP contribution is 2.17. The largest absolute Gasteiger partial charge is 0.345 e. The van der Waals surface area contributed by atoms with E-state index in [-0.39, 0.29) is 12.1 Å². The summed E-state index contributed by atoms with van der Waals surface area (Å²) in [6.07, 6.45) is 2.08. The van der Waals surface area contributed by atoms with E-state index in [4.69, 9.17) is 0 Å². The minimum Gasteiger partial charge on any atom is -0.345 e. The van der Waals surface area contributed by atoms with Crippen molar-refractivity contribution in [2.45, 2.75) is 46.8 Å². The molecule has 0 bridgehead atoms. The number of carbonyl (C=O) groups excluding carboxylic acids is 1. The highest BCUT2D eigenvalue weighted by Gasteiger charge is 2.19. The van der Waals surface area contributed by atoms with Crippen LogP contribution in [-0.2, 0) is 13.1 Å². The molecule has 0 aliphatic carbocycles. The minimum atomic E-state index is -0.0765. The molecular weight excluding hydrogens is 346 g/mol. The fourth-order valence-electron chi connectivity index (χ4n) is 3.20. The van der Waals surface area contributed by atoms with Gasteiger partial charge in [-0.1, -0.05) is 48.0 Å². The van der Waals surface area contributed by atoms with Gasteiger partial charge in [0, 0.05) is 30.2 Å². The Hall–Kier alpha value is -3.01. The molecule has 2 aromatic carbocycles. The van der Waals surface area contributed by atoms with Crippen LogP contribution in [0.1, 0.15) is 36.2 Å². The maximum absolute atomic E-state index is 12.9. The average Bonchev–Trinajstić information content (AvgIpc) is 3.10. The average molecular weight is 376 g/mol. The van der Waals surface area contributed by atoms with Gasteiger partial charge in [0.05, 0.1) is 6.54 Å². The Kier molecular flexibility index (Phi) is 6.19. The molecule has 0 atom stereocenters. The van der Waals surface area contributed by atoms with Crippen molar-refractivity contribution in [1.82, 2.24) is 9.47 Å². The Morgan fingerprint density at radius 1 is 1.00 bits per heavy atom. The molecular formula is C24H29N3O. The van der Waals surface area contributed by atoms with E-state index in [0.717, 1.165) is 23.5 Å². The maximum Gasteiger partial charge on any atom is 0.322 e. The first kappa shape index (κ1) is 19.7. The van der Waals surface area contributed by atoms with Gasteiger partial charge in [-0.15, -0.1) is 0 Å². The second-order valence-corrected chi connectivity index (χ2v) is 7.58. The summed E-state index contributed by atoms with van der Waals surface area (Å²) in [5, 5.41) is 3.06. The van der Waals surface area contributed by atoms with Gasteiger partial charge in [0.2, 0.25) is 0 Å². The standard InChI is InChI=1S/C24H29N3O/c1-18(2)27(24(28)25-23-10-6-5-8-20(23)4)17-22-9-7-15-26(22)16-21-13-11-19(3)12-14-21/h5-15,18H,16-17H2,1-4H3,(H,25,28). The van der Waals surface area contributed by atoms with Crippen LogP contribution in [0.25, 0.3) is 0 Å². The van der Waals surface area contributed by atoms with Gasteiger partial charge in [-0.25, -0.2) is 4.79 Å². The lowest BCUT2D eigenvalue weighted by Crippen LogP contribution is -2.40. The third-order valence-corrected chi connectivity index (χ3v) is 5.00. The smallest absolute Gasteiger partial charge is 0.322 e. The Morgan fingerprint density at radius 2 is 1.71 bits per heavy atom. The Labute approximate surface area is 167 Å². The molecule has 4 heteroatoms. The number of aryl methyl sites for hydroxylation is 2. The predicted molar refractivity (Wildman–Crippen MR) is 116 cm³/mol. The first-order valence-corrected chi connectivity index (χ1v) is 9.77. The lowest BCUT2D eigenvalue weighted by Gasteiger charge is -2.28. The van der Waals surface area contributed by atoms with E-state index < -0.39 is 0 Å². The number of aromatic nitrogens is 1. The van der Waals surface area contributed by atoms with Crippen molar-refractivity contribution in [1.29, 1.82) is 0 Å². The third kappa shape index (κ3) is 4.83. The van der Waals surface area contributed by atoms with Crippen LogP contribution in [0.5, 0.6) is 0 Å². The normalized spacial score (nSPS) is 10.9. The van der Waals surface area contributed by atoms with Gasteiger partial charge in [-0.2, -0.15) is 0 Å². The lowest BCUT2D eigenvalue weighted by molar-refractivity contribution is 0.192. The topological polar surface area (TPSA) is 37.3 Å². The number of nitrogens with zero attached hydrogens (tertiary/aromatic N) is 2. The van der Waals surface area contributed by atoms with Crippen LogP contribution in [-0.4, -0.2) is 21.5 Å². The summed E-state index contributed by atoms with van der Waals surface area (Å²) >= 11 is 0. The summed E-state index contributed by atoms with van der Waals surface area (Å²) < 4.78 is 2.21. The zero-order valence-electron chi connectivity index (χ0n) is 17.1. The summed E-state index contributed by atoms with van der Waals surface area (Å²) in [4.78, 5) is 14.8. The summed E-state index contributed by atoms with van der Waals surface area (Å²) in [7, 11) is 0. The quantitative estimate of drug-likeness (QED) is 0.598. The maximum atomic E-state index is 12.9. The predicted octanol–water partition coefficient (Wildman–Crippen LogP) is 5.60. The molecule has 4 nitrogen and oxygen atoms in total. The molecule has 1 heterocycles. The molecule has 1 N–H and O–H groups in total. The number of hydrogen-bond acceptors (Lipinski definition) is 1. The van der Waals surface area contributed by atoms with Crippen molar-refractivity contribution in [3.8, 4) is 0 Å². The number of para-hydroxylation sites is 1. The molecule has 146 valence electrons. The van der Waals surface area contributed by atoms with Crippen molar-refractivity contribution in [2.24, 2.45) is 0 Å². The number of amides is 2. The van der Waals surface area contributed by atoms with E-state index in [1.807, 2.05) is 56.0 Å². The number of rotatable bonds is 6. The van der Waals surface area contributed by atoms with Gasteiger partial charge >= 0.3 is 6.03 Å².